The van der Waals surface area contributed by atoms with Crippen molar-refractivity contribution in [2.24, 2.45) is 4.99 Å². The molecule has 27 heavy (non-hydrogen) atoms. The number of hydrogen-bond donors (Lipinski definition) is 1. The number of esters is 1. The number of carbonyl (C=O) groups excluding carboxylic acids is 1. The van der Waals surface area contributed by atoms with E-state index in [1.807, 2.05) is 38.1 Å². The lowest BCUT2D eigenvalue weighted by atomic mass is 9.95. The second-order valence-corrected chi connectivity index (χ2v) is 8.72. The first-order chi connectivity index (χ1) is 13.1. The van der Waals surface area contributed by atoms with Crippen molar-refractivity contribution in [3.05, 3.63) is 45.1 Å². The Labute approximate surface area is 166 Å². The maximum absolute atomic E-state index is 12.6. The van der Waals surface area contributed by atoms with E-state index in [2.05, 4.69) is 0 Å². The summed E-state index contributed by atoms with van der Waals surface area (Å²) in [7, 11) is 0. The van der Waals surface area contributed by atoms with Crippen molar-refractivity contribution < 1.29 is 14.6 Å². The zero-order valence-electron chi connectivity index (χ0n) is 15.4. The molecule has 140 valence electrons. The molecule has 0 aliphatic heterocycles. The largest absolute Gasteiger partial charge is 0.506 e. The van der Waals surface area contributed by atoms with Gasteiger partial charge in [0.05, 0.1) is 22.8 Å². The lowest BCUT2D eigenvalue weighted by Crippen LogP contribution is -2.09. The quantitative estimate of drug-likeness (QED) is 0.441. The van der Waals surface area contributed by atoms with Gasteiger partial charge in [-0.2, -0.15) is 0 Å². The number of thiophene rings is 2. The maximum atomic E-state index is 12.6. The summed E-state index contributed by atoms with van der Waals surface area (Å²) in [5, 5.41) is 12.1. The Morgan fingerprint density at radius 1 is 1.22 bits per heavy atom. The van der Waals surface area contributed by atoms with Crippen molar-refractivity contribution >= 4 is 49.4 Å². The number of hydrogen-bond acceptors (Lipinski definition) is 6. The normalized spacial score (nSPS) is 14.4. The predicted molar refractivity (Wildman–Crippen MR) is 112 cm³/mol. The summed E-state index contributed by atoms with van der Waals surface area (Å²) in [5.74, 6) is -0.0279. The highest BCUT2D eigenvalue weighted by Gasteiger charge is 2.26. The van der Waals surface area contributed by atoms with Crippen LogP contribution in [0.2, 0.25) is 0 Å². The van der Waals surface area contributed by atoms with Crippen LogP contribution >= 0.6 is 22.7 Å². The van der Waals surface area contributed by atoms with Crippen LogP contribution in [0, 0.1) is 0 Å². The number of aryl methyl sites for hydroxylation is 1. The molecule has 1 aliphatic rings. The maximum Gasteiger partial charge on any atom is 0.341 e. The van der Waals surface area contributed by atoms with Crippen molar-refractivity contribution in [3.63, 3.8) is 0 Å². The van der Waals surface area contributed by atoms with Crippen LogP contribution in [0.3, 0.4) is 0 Å². The molecule has 1 N–H and O–H groups in total. The van der Waals surface area contributed by atoms with Gasteiger partial charge >= 0.3 is 5.97 Å². The van der Waals surface area contributed by atoms with Crippen LogP contribution in [0.5, 0.6) is 5.75 Å². The van der Waals surface area contributed by atoms with Crippen molar-refractivity contribution in [1.82, 2.24) is 0 Å². The summed E-state index contributed by atoms with van der Waals surface area (Å²) in [6, 6.07) is 7.77. The molecule has 1 aromatic carbocycles. The molecule has 2 heterocycles. The van der Waals surface area contributed by atoms with E-state index in [9.17, 15) is 9.90 Å². The molecule has 3 aromatic rings. The number of fused-ring (bicyclic) bond motifs is 2. The van der Waals surface area contributed by atoms with Crippen molar-refractivity contribution in [3.8, 4) is 5.75 Å². The van der Waals surface area contributed by atoms with Gasteiger partial charge in [0, 0.05) is 15.0 Å². The van der Waals surface area contributed by atoms with Crippen molar-refractivity contribution in [1.29, 1.82) is 0 Å². The Bertz CT molecular complexity index is 1050. The topological polar surface area (TPSA) is 58.9 Å². The van der Waals surface area contributed by atoms with Crippen LogP contribution in [0.1, 0.15) is 52.4 Å². The van der Waals surface area contributed by atoms with Gasteiger partial charge in [-0.05, 0) is 57.2 Å². The van der Waals surface area contributed by atoms with Gasteiger partial charge in [-0.15, -0.1) is 22.7 Å². The third-order valence-electron chi connectivity index (χ3n) is 4.80. The summed E-state index contributed by atoms with van der Waals surface area (Å²) >= 11 is 3.10. The van der Waals surface area contributed by atoms with Crippen molar-refractivity contribution in [2.45, 2.75) is 39.5 Å². The molecule has 0 bridgehead atoms. The minimum atomic E-state index is -0.288. The number of benzene rings is 1. The van der Waals surface area contributed by atoms with E-state index in [0.717, 1.165) is 51.9 Å². The average molecular weight is 400 g/mol. The lowest BCUT2D eigenvalue weighted by molar-refractivity contribution is 0.0526. The van der Waals surface area contributed by atoms with Gasteiger partial charge in [0.15, 0.2) is 0 Å². The first-order valence-corrected chi connectivity index (χ1v) is 10.8. The molecule has 4 nitrogen and oxygen atoms in total. The third kappa shape index (κ3) is 3.28. The van der Waals surface area contributed by atoms with E-state index in [1.165, 1.54) is 16.2 Å². The van der Waals surface area contributed by atoms with Gasteiger partial charge in [0.25, 0.3) is 0 Å². The smallest absolute Gasteiger partial charge is 0.341 e. The Hall–Kier alpha value is -2.18. The number of ether oxygens (including phenoxy) is 1. The number of nitrogens with zero attached hydrogens (tertiary/aromatic N) is 1. The van der Waals surface area contributed by atoms with Gasteiger partial charge < -0.3 is 9.84 Å². The predicted octanol–water partition coefficient (Wildman–Crippen LogP) is 5.86. The second-order valence-electron chi connectivity index (χ2n) is 6.58. The number of rotatable bonds is 4. The molecule has 0 spiro atoms. The molecule has 2 aromatic heterocycles. The van der Waals surface area contributed by atoms with Gasteiger partial charge in [-0.25, -0.2) is 9.79 Å². The van der Waals surface area contributed by atoms with E-state index >= 15 is 0 Å². The zero-order chi connectivity index (χ0) is 19.0. The summed E-state index contributed by atoms with van der Waals surface area (Å²) in [5.41, 5.74) is 2.45. The number of aromatic hydroxyl groups is 1. The van der Waals surface area contributed by atoms with Gasteiger partial charge in [0.2, 0.25) is 0 Å². The Balaban J connectivity index is 1.81. The first-order valence-electron chi connectivity index (χ1n) is 9.18. The van der Waals surface area contributed by atoms with Crippen LogP contribution in [0.15, 0.2) is 29.3 Å². The molecule has 0 radical (unpaired) electrons. The Morgan fingerprint density at radius 2 is 2.00 bits per heavy atom. The molecule has 6 heteroatoms. The average Bonchev–Trinajstić information content (AvgIpc) is 3.20. The van der Waals surface area contributed by atoms with E-state index in [-0.39, 0.29) is 11.7 Å². The first kappa shape index (κ1) is 18.2. The fourth-order valence-corrected chi connectivity index (χ4v) is 5.86. The lowest BCUT2D eigenvalue weighted by Gasteiger charge is -2.11. The van der Waals surface area contributed by atoms with E-state index in [0.29, 0.717) is 17.2 Å². The Morgan fingerprint density at radius 3 is 2.78 bits per heavy atom. The van der Waals surface area contributed by atoms with E-state index < -0.39 is 0 Å². The minimum Gasteiger partial charge on any atom is -0.506 e. The molecule has 0 amide bonds. The fraction of sp³-hybridized carbons (Fsp3) is 0.333. The van der Waals surface area contributed by atoms with Gasteiger partial charge in [-0.3, -0.25) is 0 Å². The molecule has 0 saturated carbocycles. The van der Waals surface area contributed by atoms with E-state index in [1.54, 1.807) is 11.3 Å². The fourth-order valence-electron chi connectivity index (χ4n) is 3.52. The summed E-state index contributed by atoms with van der Waals surface area (Å²) < 4.78 is 6.33. The van der Waals surface area contributed by atoms with Crippen LogP contribution in [0.4, 0.5) is 5.00 Å². The molecule has 0 saturated heterocycles. The van der Waals surface area contributed by atoms with Crippen molar-refractivity contribution in [2.75, 3.05) is 6.61 Å². The highest BCUT2D eigenvalue weighted by molar-refractivity contribution is 7.21. The molecule has 0 atom stereocenters. The molecular weight excluding hydrogens is 378 g/mol. The molecule has 4 rings (SSSR count). The number of carbonyl (C=O) groups is 1. The van der Waals surface area contributed by atoms with Crippen LogP contribution < -0.4 is 0 Å². The van der Waals surface area contributed by atoms with E-state index in [4.69, 9.17) is 9.73 Å². The summed E-state index contributed by atoms with van der Waals surface area (Å²) in [6.45, 7) is 4.06. The highest BCUT2D eigenvalue weighted by atomic mass is 32.1. The van der Waals surface area contributed by atoms with Crippen LogP contribution in [-0.2, 0) is 17.6 Å². The summed E-state index contributed by atoms with van der Waals surface area (Å²) in [4.78, 5) is 19.4. The monoisotopic (exact) mass is 399 g/mol. The zero-order valence-corrected chi connectivity index (χ0v) is 17.0. The second kappa shape index (κ2) is 7.44. The number of aliphatic imine (C=N–C) groups is 1. The molecular formula is C21H21NO3S2. The standard InChI is InChI=1S/C21H21NO3S2/c1-3-25-21(24)17-13-8-4-6-10-15(13)27-20(17)22-12(2)19-18(23)14-9-5-7-11-16(14)26-19/h5,7,9,11,23H,3-4,6,8,10H2,1-2H3. The molecule has 1 aliphatic carbocycles. The van der Waals surface area contributed by atoms with Crippen LogP contribution in [-0.4, -0.2) is 23.4 Å². The van der Waals surface area contributed by atoms with Gasteiger partial charge in [0.1, 0.15) is 10.8 Å². The molecule has 0 unspecified atom stereocenters. The summed E-state index contributed by atoms with van der Waals surface area (Å²) in [6.07, 6.45) is 4.14. The van der Waals surface area contributed by atoms with Gasteiger partial charge in [-0.1, -0.05) is 12.1 Å². The Kier molecular flexibility index (Phi) is 5.02. The third-order valence-corrected chi connectivity index (χ3v) is 7.25. The molecule has 0 fully saturated rings. The SMILES string of the molecule is CCOC(=O)c1c(N=C(C)c2sc3ccccc3c2O)sc2c1CCCC2. The highest BCUT2D eigenvalue weighted by Crippen LogP contribution is 2.42. The van der Waals surface area contributed by atoms with Crippen LogP contribution in [0.25, 0.3) is 10.1 Å². The minimum absolute atomic E-state index is 0.260.